The van der Waals surface area contributed by atoms with Gasteiger partial charge in [0.15, 0.2) is 0 Å². The molecule has 1 fully saturated rings. The lowest BCUT2D eigenvalue weighted by molar-refractivity contribution is -0.117. The number of amides is 1. The van der Waals surface area contributed by atoms with E-state index in [4.69, 9.17) is 0 Å². The highest BCUT2D eigenvalue weighted by molar-refractivity contribution is 5.95. The molecular weight excluding hydrogens is 224 g/mol. The Bertz CT molecular complexity index is 397. The molecule has 0 aliphatic carbocycles. The highest BCUT2D eigenvalue weighted by atomic mass is 16.2. The molecule has 1 N–H and O–H groups in total. The van der Waals surface area contributed by atoms with E-state index in [2.05, 4.69) is 43.4 Å². The van der Waals surface area contributed by atoms with Crippen molar-refractivity contribution in [3.05, 3.63) is 29.8 Å². The van der Waals surface area contributed by atoms with Crippen molar-refractivity contribution in [3.63, 3.8) is 0 Å². The quantitative estimate of drug-likeness (QED) is 0.866. The van der Waals surface area contributed by atoms with Crippen LogP contribution < -0.4 is 10.2 Å². The van der Waals surface area contributed by atoms with Crippen molar-refractivity contribution in [2.75, 3.05) is 18.0 Å². The summed E-state index contributed by atoms with van der Waals surface area (Å²) in [5.74, 6) is 0.923. The van der Waals surface area contributed by atoms with Crippen molar-refractivity contribution in [2.45, 2.75) is 33.2 Å². The molecule has 2 rings (SSSR count). The Morgan fingerprint density at radius 1 is 1.28 bits per heavy atom. The molecule has 0 bridgehead atoms. The summed E-state index contributed by atoms with van der Waals surface area (Å²) in [7, 11) is 0. The lowest BCUT2D eigenvalue weighted by Gasteiger charge is -2.16. The van der Waals surface area contributed by atoms with Gasteiger partial charge in [0, 0.05) is 25.2 Å². The molecule has 1 heterocycles. The fourth-order valence-electron chi connectivity index (χ4n) is 2.22. The second-order valence-electron chi connectivity index (χ2n) is 5.34. The summed E-state index contributed by atoms with van der Waals surface area (Å²) in [6, 6.07) is 8.31. The third-order valence-corrected chi connectivity index (χ3v) is 3.20. The molecule has 0 unspecified atom stereocenters. The molecule has 1 aromatic carbocycles. The van der Waals surface area contributed by atoms with Gasteiger partial charge >= 0.3 is 0 Å². The molecule has 0 atom stereocenters. The number of nitrogens with one attached hydrogen (secondary N) is 1. The average Bonchev–Trinajstić information content (AvgIpc) is 2.76. The van der Waals surface area contributed by atoms with Crippen LogP contribution in [0.3, 0.4) is 0 Å². The van der Waals surface area contributed by atoms with Gasteiger partial charge in [-0.15, -0.1) is 0 Å². The maximum atomic E-state index is 11.6. The summed E-state index contributed by atoms with van der Waals surface area (Å²) in [6.45, 7) is 7.20. The van der Waals surface area contributed by atoms with Crippen LogP contribution in [0.4, 0.5) is 5.69 Å². The summed E-state index contributed by atoms with van der Waals surface area (Å²) in [4.78, 5) is 13.5. The molecule has 3 heteroatoms. The highest BCUT2D eigenvalue weighted by Crippen LogP contribution is 2.21. The van der Waals surface area contributed by atoms with Gasteiger partial charge in [0.2, 0.25) is 5.91 Å². The summed E-state index contributed by atoms with van der Waals surface area (Å²) < 4.78 is 0. The fraction of sp³-hybridized carbons (Fsp3) is 0.533. The number of carbonyl (C=O) groups excluding carboxylic acids is 1. The average molecular weight is 246 g/mol. The maximum absolute atomic E-state index is 11.6. The van der Waals surface area contributed by atoms with Crippen LogP contribution >= 0.6 is 0 Å². The summed E-state index contributed by atoms with van der Waals surface area (Å²) >= 11 is 0. The molecule has 0 aromatic heterocycles. The SMILES string of the molecule is CC(C)CNCc1ccc(N2CCCC2=O)cc1. The van der Waals surface area contributed by atoms with E-state index in [1.807, 2.05) is 4.90 Å². The standard InChI is InChI=1S/C15H22N2O/c1-12(2)10-16-11-13-5-7-14(8-6-13)17-9-3-4-15(17)18/h5-8,12,16H,3-4,9-11H2,1-2H3. The topological polar surface area (TPSA) is 32.3 Å². The van der Waals surface area contributed by atoms with Crippen molar-refractivity contribution in [1.29, 1.82) is 0 Å². The van der Waals surface area contributed by atoms with Gasteiger partial charge in [-0.2, -0.15) is 0 Å². The predicted octanol–water partition coefficient (Wildman–Crippen LogP) is 2.56. The Morgan fingerprint density at radius 3 is 2.56 bits per heavy atom. The molecule has 1 aliphatic rings. The van der Waals surface area contributed by atoms with E-state index in [-0.39, 0.29) is 5.91 Å². The van der Waals surface area contributed by atoms with Crippen LogP contribution in [0.1, 0.15) is 32.3 Å². The van der Waals surface area contributed by atoms with Gasteiger partial charge in [0.1, 0.15) is 0 Å². The third-order valence-electron chi connectivity index (χ3n) is 3.20. The van der Waals surface area contributed by atoms with E-state index < -0.39 is 0 Å². The highest BCUT2D eigenvalue weighted by Gasteiger charge is 2.21. The zero-order chi connectivity index (χ0) is 13.0. The van der Waals surface area contributed by atoms with Crippen LogP contribution in [-0.4, -0.2) is 19.0 Å². The van der Waals surface area contributed by atoms with Gasteiger partial charge < -0.3 is 10.2 Å². The van der Waals surface area contributed by atoms with Crippen LogP contribution in [0, 0.1) is 5.92 Å². The number of rotatable bonds is 5. The van der Waals surface area contributed by atoms with Crippen molar-refractivity contribution in [2.24, 2.45) is 5.92 Å². The van der Waals surface area contributed by atoms with Gasteiger partial charge in [-0.3, -0.25) is 4.79 Å². The number of benzene rings is 1. The molecule has 18 heavy (non-hydrogen) atoms. The van der Waals surface area contributed by atoms with Gasteiger partial charge in [0.05, 0.1) is 0 Å². The van der Waals surface area contributed by atoms with Crippen molar-refractivity contribution < 1.29 is 4.79 Å². The van der Waals surface area contributed by atoms with Gasteiger partial charge in [-0.05, 0) is 36.6 Å². The second-order valence-corrected chi connectivity index (χ2v) is 5.34. The molecule has 1 aliphatic heterocycles. The summed E-state index contributed by atoms with van der Waals surface area (Å²) in [5, 5.41) is 3.42. The first-order chi connectivity index (χ1) is 8.66. The van der Waals surface area contributed by atoms with Crippen LogP contribution in [0.5, 0.6) is 0 Å². The monoisotopic (exact) mass is 246 g/mol. The van der Waals surface area contributed by atoms with Gasteiger partial charge in [-0.1, -0.05) is 26.0 Å². The van der Waals surface area contributed by atoms with Crippen LogP contribution in [0.15, 0.2) is 24.3 Å². The molecule has 0 spiro atoms. The molecular formula is C15H22N2O. The van der Waals surface area contributed by atoms with Crippen molar-refractivity contribution >= 4 is 11.6 Å². The van der Waals surface area contributed by atoms with E-state index in [0.717, 1.165) is 31.7 Å². The molecule has 1 amide bonds. The van der Waals surface area contributed by atoms with Crippen LogP contribution in [-0.2, 0) is 11.3 Å². The minimum absolute atomic E-state index is 0.251. The zero-order valence-corrected chi connectivity index (χ0v) is 11.3. The first-order valence-electron chi connectivity index (χ1n) is 6.77. The number of carbonyl (C=O) groups is 1. The van der Waals surface area contributed by atoms with Gasteiger partial charge in [-0.25, -0.2) is 0 Å². The Balaban J connectivity index is 1.91. The summed E-state index contributed by atoms with van der Waals surface area (Å²) in [5.41, 5.74) is 2.30. The van der Waals surface area contributed by atoms with E-state index >= 15 is 0 Å². The Labute approximate surface area is 109 Å². The molecule has 3 nitrogen and oxygen atoms in total. The Morgan fingerprint density at radius 2 is 2.00 bits per heavy atom. The smallest absolute Gasteiger partial charge is 0.227 e. The second kappa shape index (κ2) is 6.01. The van der Waals surface area contributed by atoms with Crippen LogP contribution in [0.25, 0.3) is 0 Å². The largest absolute Gasteiger partial charge is 0.312 e. The van der Waals surface area contributed by atoms with Crippen molar-refractivity contribution in [3.8, 4) is 0 Å². The van der Waals surface area contributed by atoms with Gasteiger partial charge in [0.25, 0.3) is 0 Å². The number of hydrogen-bond donors (Lipinski definition) is 1. The van der Waals surface area contributed by atoms with E-state index in [1.165, 1.54) is 5.56 Å². The minimum Gasteiger partial charge on any atom is -0.312 e. The molecule has 0 radical (unpaired) electrons. The molecule has 0 saturated carbocycles. The molecule has 98 valence electrons. The maximum Gasteiger partial charge on any atom is 0.227 e. The number of nitrogens with zero attached hydrogens (tertiary/aromatic N) is 1. The third kappa shape index (κ3) is 3.33. The Kier molecular flexibility index (Phi) is 4.37. The Hall–Kier alpha value is -1.35. The predicted molar refractivity (Wildman–Crippen MR) is 74.6 cm³/mol. The number of hydrogen-bond acceptors (Lipinski definition) is 2. The van der Waals surface area contributed by atoms with Crippen molar-refractivity contribution in [1.82, 2.24) is 5.32 Å². The van der Waals surface area contributed by atoms with Crippen LogP contribution in [0.2, 0.25) is 0 Å². The molecule has 1 aromatic rings. The van der Waals surface area contributed by atoms with E-state index in [9.17, 15) is 4.79 Å². The lowest BCUT2D eigenvalue weighted by Crippen LogP contribution is -2.23. The normalized spacial score (nSPS) is 15.7. The zero-order valence-electron chi connectivity index (χ0n) is 11.3. The minimum atomic E-state index is 0.251. The fourth-order valence-corrected chi connectivity index (χ4v) is 2.22. The first-order valence-corrected chi connectivity index (χ1v) is 6.77. The lowest BCUT2D eigenvalue weighted by atomic mass is 10.2. The summed E-state index contributed by atoms with van der Waals surface area (Å²) in [6.07, 6.45) is 1.67. The van der Waals surface area contributed by atoms with E-state index in [1.54, 1.807) is 0 Å². The molecule has 1 saturated heterocycles. The van der Waals surface area contributed by atoms with E-state index in [0.29, 0.717) is 12.3 Å². The first kappa shape index (κ1) is 13.1. The number of anilines is 1.